The summed E-state index contributed by atoms with van der Waals surface area (Å²) in [6.45, 7) is 7.50. The van der Waals surface area contributed by atoms with Crippen LogP contribution in [0.4, 0.5) is 0 Å². The van der Waals surface area contributed by atoms with Crippen LogP contribution in [0.5, 0.6) is 0 Å². The number of nitrogens with one attached hydrogen (secondary N) is 2. The molecule has 1 atom stereocenters. The summed E-state index contributed by atoms with van der Waals surface area (Å²) in [6, 6.07) is 11.9. The van der Waals surface area contributed by atoms with Crippen molar-refractivity contribution in [2.75, 3.05) is 33.4 Å². The number of hydrogen-bond acceptors (Lipinski definition) is 8. The van der Waals surface area contributed by atoms with E-state index in [-0.39, 0.29) is 0 Å². The molecular formula is C26H40N4O5S. The smallest absolute Gasteiger partial charge is 0.310 e. The summed E-state index contributed by atoms with van der Waals surface area (Å²) in [7, 11) is 5.64. The Kier molecular flexibility index (Phi) is 14.4. The predicted octanol–water partition coefficient (Wildman–Crippen LogP) is 4.53. The first kappa shape index (κ1) is 31.1. The molecule has 1 heterocycles. The van der Waals surface area contributed by atoms with E-state index in [1.54, 1.807) is 25.7 Å². The average molecular weight is 521 g/mol. The van der Waals surface area contributed by atoms with Crippen LogP contribution < -0.4 is 10.6 Å². The molecule has 0 fully saturated rings. The Labute approximate surface area is 218 Å². The van der Waals surface area contributed by atoms with E-state index in [1.165, 1.54) is 5.56 Å². The number of nitro groups is 1. The Bertz CT molecular complexity index is 957. The number of benzene rings is 1. The van der Waals surface area contributed by atoms with Gasteiger partial charge in [0.15, 0.2) is 5.82 Å². The molecule has 0 spiro atoms. The molecule has 2 aromatic rings. The molecule has 2 rings (SSSR count). The SMILES string of the molecule is CC(C)Cc1ccc(C(C)C(=O)O)cc1.CN/C(=C\[N+](=O)[O-])NCCSCc1ccc(CN(C)C)o1. The van der Waals surface area contributed by atoms with Gasteiger partial charge in [-0.1, -0.05) is 38.1 Å². The number of hydrogen-bond donors (Lipinski definition) is 3. The lowest BCUT2D eigenvalue weighted by atomic mass is 9.97. The Morgan fingerprint density at radius 1 is 1.17 bits per heavy atom. The summed E-state index contributed by atoms with van der Waals surface area (Å²) >= 11 is 1.72. The molecule has 1 aromatic heterocycles. The molecule has 0 radical (unpaired) electrons. The second kappa shape index (κ2) is 16.6. The predicted molar refractivity (Wildman–Crippen MR) is 145 cm³/mol. The second-order valence-corrected chi connectivity index (χ2v) is 10.2. The minimum atomic E-state index is -0.772. The van der Waals surface area contributed by atoms with Crippen LogP contribution in [-0.4, -0.2) is 54.3 Å². The Morgan fingerprint density at radius 3 is 2.33 bits per heavy atom. The molecule has 0 aliphatic heterocycles. The van der Waals surface area contributed by atoms with Gasteiger partial charge in [-0.05, 0) is 56.6 Å². The van der Waals surface area contributed by atoms with Crippen LogP contribution in [0.2, 0.25) is 0 Å². The van der Waals surface area contributed by atoms with Crippen LogP contribution in [-0.2, 0) is 23.5 Å². The third kappa shape index (κ3) is 13.2. The van der Waals surface area contributed by atoms with E-state index < -0.39 is 16.8 Å². The van der Waals surface area contributed by atoms with Gasteiger partial charge in [0.05, 0.1) is 23.1 Å². The summed E-state index contributed by atoms with van der Waals surface area (Å²) in [5.41, 5.74) is 2.14. The van der Waals surface area contributed by atoms with Crippen molar-refractivity contribution in [1.29, 1.82) is 0 Å². The standard InChI is InChI=1S/C13H22N4O3S.C13H18O2/c1-14-13(9-17(18)19)15-6-7-21-10-12-5-4-11(20-12)8-16(2)3;1-9(2)8-11-4-6-12(7-5-11)10(3)13(14)15/h4-5,9,14-15H,6-8,10H2,1-3H3;4-7,9-10H,8H2,1-3H3,(H,14,15)/b13-9+;. The number of rotatable bonds is 14. The van der Waals surface area contributed by atoms with E-state index in [0.717, 1.165) is 47.8 Å². The fourth-order valence-corrected chi connectivity index (χ4v) is 3.93. The molecule has 0 saturated heterocycles. The van der Waals surface area contributed by atoms with Crippen molar-refractivity contribution in [3.05, 3.63) is 81.2 Å². The maximum absolute atomic E-state index is 10.8. The maximum Gasteiger partial charge on any atom is 0.310 e. The molecule has 0 aliphatic carbocycles. The number of furan rings is 1. The van der Waals surface area contributed by atoms with Gasteiger partial charge in [-0.3, -0.25) is 14.9 Å². The first-order valence-electron chi connectivity index (χ1n) is 11.9. The molecule has 0 bridgehead atoms. The molecule has 200 valence electrons. The van der Waals surface area contributed by atoms with Crippen molar-refractivity contribution < 1.29 is 19.2 Å². The molecule has 3 N–H and O–H groups in total. The van der Waals surface area contributed by atoms with Gasteiger partial charge in [-0.15, -0.1) is 0 Å². The van der Waals surface area contributed by atoms with Crippen LogP contribution in [0, 0.1) is 16.0 Å². The van der Waals surface area contributed by atoms with Gasteiger partial charge < -0.3 is 25.1 Å². The molecule has 1 aromatic carbocycles. The first-order chi connectivity index (χ1) is 17.0. The summed E-state index contributed by atoms with van der Waals surface area (Å²) in [6.07, 6.45) is 1.96. The minimum Gasteiger partial charge on any atom is -0.481 e. The van der Waals surface area contributed by atoms with Gasteiger partial charge in [-0.2, -0.15) is 11.8 Å². The van der Waals surface area contributed by atoms with Crippen LogP contribution in [0.15, 0.2) is 52.8 Å². The van der Waals surface area contributed by atoms with Crippen LogP contribution in [0.25, 0.3) is 0 Å². The average Bonchev–Trinajstić information content (AvgIpc) is 3.24. The molecule has 10 heteroatoms. The lowest BCUT2D eigenvalue weighted by Gasteiger charge is -2.09. The van der Waals surface area contributed by atoms with Crippen molar-refractivity contribution in [3.63, 3.8) is 0 Å². The first-order valence-corrected chi connectivity index (χ1v) is 13.1. The van der Waals surface area contributed by atoms with Crippen molar-refractivity contribution in [2.45, 2.75) is 45.4 Å². The zero-order valence-electron chi connectivity index (χ0n) is 22.1. The molecule has 0 amide bonds. The van der Waals surface area contributed by atoms with Crippen molar-refractivity contribution in [2.24, 2.45) is 5.92 Å². The lowest BCUT2D eigenvalue weighted by Crippen LogP contribution is -2.26. The highest BCUT2D eigenvalue weighted by Crippen LogP contribution is 2.18. The van der Waals surface area contributed by atoms with E-state index in [1.807, 2.05) is 50.5 Å². The highest BCUT2D eigenvalue weighted by molar-refractivity contribution is 7.98. The number of carbonyl (C=O) groups is 1. The van der Waals surface area contributed by atoms with Gasteiger partial charge in [0.25, 0.3) is 6.20 Å². The maximum atomic E-state index is 10.8. The molecule has 0 aliphatic rings. The van der Waals surface area contributed by atoms with Crippen molar-refractivity contribution in [1.82, 2.24) is 15.5 Å². The molecule has 0 saturated carbocycles. The number of thioether (sulfide) groups is 1. The second-order valence-electron chi connectivity index (χ2n) is 9.06. The third-order valence-corrected chi connectivity index (χ3v) is 5.97. The number of nitrogens with zero attached hydrogens (tertiary/aromatic N) is 2. The Hall–Kier alpha value is -2.98. The fraction of sp³-hybridized carbons (Fsp3) is 0.500. The highest BCUT2D eigenvalue weighted by atomic mass is 32.2. The van der Waals surface area contributed by atoms with E-state index >= 15 is 0 Å². The van der Waals surface area contributed by atoms with Gasteiger partial charge >= 0.3 is 5.97 Å². The Balaban J connectivity index is 0.000000381. The number of aliphatic carboxylic acids is 1. The fourth-order valence-electron chi connectivity index (χ4n) is 3.19. The van der Waals surface area contributed by atoms with Crippen molar-refractivity contribution in [3.8, 4) is 0 Å². The van der Waals surface area contributed by atoms with Crippen LogP contribution in [0.3, 0.4) is 0 Å². The van der Waals surface area contributed by atoms with Crippen LogP contribution >= 0.6 is 11.8 Å². The lowest BCUT2D eigenvalue weighted by molar-refractivity contribution is -0.404. The molecule has 9 nitrogen and oxygen atoms in total. The minimum absolute atomic E-state index is 0.409. The topological polar surface area (TPSA) is 121 Å². The number of carboxylic acids is 1. The van der Waals surface area contributed by atoms with Crippen molar-refractivity contribution >= 4 is 17.7 Å². The number of carboxylic acid groups (broad SMARTS) is 1. The zero-order valence-corrected chi connectivity index (χ0v) is 22.9. The highest BCUT2D eigenvalue weighted by Gasteiger charge is 2.13. The summed E-state index contributed by atoms with van der Waals surface area (Å²) < 4.78 is 5.70. The summed E-state index contributed by atoms with van der Waals surface area (Å²) in [4.78, 5) is 22.7. The third-order valence-electron chi connectivity index (χ3n) is 4.99. The largest absolute Gasteiger partial charge is 0.481 e. The van der Waals surface area contributed by atoms with E-state index in [9.17, 15) is 14.9 Å². The summed E-state index contributed by atoms with van der Waals surface area (Å²) in [5.74, 6) is 3.39. The monoisotopic (exact) mass is 520 g/mol. The van der Waals surface area contributed by atoms with Gasteiger partial charge in [0, 0.05) is 19.3 Å². The van der Waals surface area contributed by atoms with Gasteiger partial charge in [0.1, 0.15) is 11.5 Å². The summed E-state index contributed by atoms with van der Waals surface area (Å²) in [5, 5.41) is 24.9. The van der Waals surface area contributed by atoms with E-state index in [2.05, 4.69) is 29.4 Å². The quantitative estimate of drug-likeness (QED) is 0.187. The molecule has 1 unspecified atom stereocenters. The van der Waals surface area contributed by atoms with Crippen LogP contribution in [0.1, 0.15) is 49.3 Å². The molecular weight excluding hydrogens is 480 g/mol. The molecule has 36 heavy (non-hydrogen) atoms. The van der Waals surface area contributed by atoms with E-state index in [4.69, 9.17) is 9.52 Å². The van der Waals surface area contributed by atoms with E-state index in [0.29, 0.717) is 18.3 Å². The zero-order chi connectivity index (χ0) is 27.1. The van der Waals surface area contributed by atoms with Gasteiger partial charge in [-0.25, -0.2) is 0 Å². The van der Waals surface area contributed by atoms with Gasteiger partial charge in [0.2, 0.25) is 0 Å². The Morgan fingerprint density at radius 2 is 1.81 bits per heavy atom. The normalized spacial score (nSPS) is 12.2.